The normalized spacial score (nSPS) is 12.8. The topological polar surface area (TPSA) is 37.8 Å². The van der Waals surface area contributed by atoms with Crippen molar-refractivity contribution in [3.63, 3.8) is 0 Å². The lowest BCUT2D eigenvalue weighted by atomic mass is 10.1. The van der Waals surface area contributed by atoms with Crippen molar-refractivity contribution in [1.82, 2.24) is 8.75 Å². The number of fused-ring (bicyclic) bond motifs is 1. The summed E-state index contributed by atoms with van der Waals surface area (Å²) in [5.41, 5.74) is 2.74. The summed E-state index contributed by atoms with van der Waals surface area (Å²) in [5, 5.41) is 4.26. The number of rotatable bonds is 6. The highest BCUT2D eigenvalue weighted by Gasteiger charge is 2.13. The van der Waals surface area contributed by atoms with E-state index in [-0.39, 0.29) is 0 Å². The number of nitrogens with zero attached hydrogens (tertiary/aromatic N) is 2. The molecule has 1 heterocycles. The van der Waals surface area contributed by atoms with E-state index in [1.165, 1.54) is 24.6 Å². The van der Waals surface area contributed by atoms with Gasteiger partial charge in [0.1, 0.15) is 11.0 Å². The van der Waals surface area contributed by atoms with Crippen LogP contribution in [0.5, 0.6) is 0 Å². The SMILES string of the molecule is CCCCC(CC)Nc1c(Cl)ccc2nsnc12. The zero-order valence-corrected chi connectivity index (χ0v) is 12.3. The van der Waals surface area contributed by atoms with Gasteiger partial charge in [-0.15, -0.1) is 0 Å². The largest absolute Gasteiger partial charge is 0.379 e. The lowest BCUT2D eigenvalue weighted by molar-refractivity contribution is 0.594. The van der Waals surface area contributed by atoms with Crippen LogP contribution in [0.15, 0.2) is 12.1 Å². The second kappa shape index (κ2) is 6.34. The summed E-state index contributed by atoms with van der Waals surface area (Å²) in [5.74, 6) is 0. The van der Waals surface area contributed by atoms with Crippen molar-refractivity contribution in [1.29, 1.82) is 0 Å². The molecule has 0 aliphatic carbocycles. The van der Waals surface area contributed by atoms with Gasteiger partial charge in [-0.05, 0) is 25.0 Å². The van der Waals surface area contributed by atoms with Gasteiger partial charge in [-0.1, -0.05) is 38.3 Å². The van der Waals surface area contributed by atoms with Gasteiger partial charge in [-0.3, -0.25) is 0 Å². The molecule has 1 atom stereocenters. The molecule has 0 fully saturated rings. The molecule has 0 bridgehead atoms. The van der Waals surface area contributed by atoms with E-state index in [4.69, 9.17) is 11.6 Å². The molecule has 98 valence electrons. The molecule has 2 rings (SSSR count). The van der Waals surface area contributed by atoms with E-state index in [9.17, 15) is 0 Å². The quantitative estimate of drug-likeness (QED) is 0.833. The van der Waals surface area contributed by atoms with E-state index in [0.29, 0.717) is 6.04 Å². The van der Waals surface area contributed by atoms with E-state index in [1.807, 2.05) is 12.1 Å². The highest BCUT2D eigenvalue weighted by atomic mass is 35.5. The highest BCUT2D eigenvalue weighted by Crippen LogP contribution is 2.31. The molecule has 0 saturated heterocycles. The second-order valence-corrected chi connectivity index (χ2v) is 5.38. The van der Waals surface area contributed by atoms with Crippen LogP contribution in [0.1, 0.15) is 39.5 Å². The van der Waals surface area contributed by atoms with Crippen molar-refractivity contribution >= 4 is 40.0 Å². The Morgan fingerprint density at radius 1 is 1.33 bits per heavy atom. The molecule has 1 aromatic heterocycles. The first kappa shape index (κ1) is 13.6. The van der Waals surface area contributed by atoms with Gasteiger partial charge < -0.3 is 5.32 Å². The molecular formula is C13H18ClN3S. The molecule has 0 aliphatic heterocycles. The van der Waals surface area contributed by atoms with Gasteiger partial charge in [0.05, 0.1) is 22.4 Å². The summed E-state index contributed by atoms with van der Waals surface area (Å²) in [6.45, 7) is 4.41. The van der Waals surface area contributed by atoms with Crippen LogP contribution in [0, 0.1) is 0 Å². The molecule has 0 aliphatic rings. The minimum Gasteiger partial charge on any atom is -0.379 e. The fourth-order valence-electron chi connectivity index (χ4n) is 2.00. The Hall–Kier alpha value is -0.870. The number of hydrogen-bond donors (Lipinski definition) is 1. The van der Waals surface area contributed by atoms with Crippen LogP contribution in [0.2, 0.25) is 5.02 Å². The maximum atomic E-state index is 6.27. The number of unbranched alkanes of at least 4 members (excludes halogenated alkanes) is 1. The van der Waals surface area contributed by atoms with Gasteiger partial charge in [-0.25, -0.2) is 0 Å². The van der Waals surface area contributed by atoms with Gasteiger partial charge in [0.15, 0.2) is 0 Å². The molecular weight excluding hydrogens is 266 g/mol. The van der Waals surface area contributed by atoms with Crippen LogP contribution < -0.4 is 5.32 Å². The maximum Gasteiger partial charge on any atom is 0.129 e. The monoisotopic (exact) mass is 283 g/mol. The fourth-order valence-corrected chi connectivity index (χ4v) is 2.75. The maximum absolute atomic E-state index is 6.27. The Labute approximate surface area is 117 Å². The fraction of sp³-hybridized carbons (Fsp3) is 0.538. The minimum atomic E-state index is 0.453. The van der Waals surface area contributed by atoms with Crippen molar-refractivity contribution in [3.8, 4) is 0 Å². The first-order valence-electron chi connectivity index (χ1n) is 6.43. The van der Waals surface area contributed by atoms with Crippen molar-refractivity contribution in [2.24, 2.45) is 0 Å². The molecule has 5 heteroatoms. The van der Waals surface area contributed by atoms with Crippen LogP contribution in [0.25, 0.3) is 11.0 Å². The predicted molar refractivity (Wildman–Crippen MR) is 79.7 cm³/mol. The molecule has 18 heavy (non-hydrogen) atoms. The third kappa shape index (κ3) is 2.93. The van der Waals surface area contributed by atoms with Crippen LogP contribution in [-0.2, 0) is 0 Å². The first-order valence-corrected chi connectivity index (χ1v) is 7.54. The Morgan fingerprint density at radius 3 is 2.89 bits per heavy atom. The predicted octanol–water partition coefficient (Wildman–Crippen LogP) is 4.73. The second-order valence-electron chi connectivity index (χ2n) is 4.45. The number of anilines is 1. The van der Waals surface area contributed by atoms with Gasteiger partial charge in [0, 0.05) is 6.04 Å². The molecule has 1 N–H and O–H groups in total. The summed E-state index contributed by atoms with van der Waals surface area (Å²) in [6.07, 6.45) is 4.70. The average Bonchev–Trinajstić information content (AvgIpc) is 2.85. The third-order valence-electron chi connectivity index (χ3n) is 3.12. The van der Waals surface area contributed by atoms with E-state index >= 15 is 0 Å². The average molecular weight is 284 g/mol. The summed E-state index contributed by atoms with van der Waals surface area (Å²) in [6, 6.07) is 4.26. The summed E-state index contributed by atoms with van der Waals surface area (Å²) in [7, 11) is 0. The molecule has 0 saturated carbocycles. The van der Waals surface area contributed by atoms with Gasteiger partial charge >= 0.3 is 0 Å². The van der Waals surface area contributed by atoms with Gasteiger partial charge in [-0.2, -0.15) is 8.75 Å². The van der Waals surface area contributed by atoms with Gasteiger partial charge in [0.2, 0.25) is 0 Å². The first-order chi connectivity index (χ1) is 8.76. The molecule has 0 amide bonds. The number of benzene rings is 1. The summed E-state index contributed by atoms with van der Waals surface area (Å²) >= 11 is 7.50. The Bertz CT molecular complexity index is 512. The van der Waals surface area contributed by atoms with E-state index in [1.54, 1.807) is 0 Å². The smallest absolute Gasteiger partial charge is 0.129 e. The van der Waals surface area contributed by atoms with Crippen molar-refractivity contribution in [3.05, 3.63) is 17.2 Å². The van der Waals surface area contributed by atoms with Crippen molar-refractivity contribution in [2.75, 3.05) is 5.32 Å². The molecule has 1 unspecified atom stereocenters. The summed E-state index contributed by atoms with van der Waals surface area (Å²) in [4.78, 5) is 0. The van der Waals surface area contributed by atoms with Crippen LogP contribution in [-0.4, -0.2) is 14.8 Å². The number of halogens is 1. The number of nitrogens with one attached hydrogen (secondary N) is 1. The van der Waals surface area contributed by atoms with E-state index < -0.39 is 0 Å². The molecule has 3 nitrogen and oxygen atoms in total. The lowest BCUT2D eigenvalue weighted by Gasteiger charge is -2.19. The Morgan fingerprint density at radius 2 is 2.17 bits per heavy atom. The molecule has 1 aromatic carbocycles. The third-order valence-corrected chi connectivity index (χ3v) is 3.98. The van der Waals surface area contributed by atoms with Crippen LogP contribution >= 0.6 is 23.3 Å². The molecule has 2 aromatic rings. The minimum absolute atomic E-state index is 0.453. The number of hydrogen-bond acceptors (Lipinski definition) is 4. The lowest BCUT2D eigenvalue weighted by Crippen LogP contribution is -2.18. The number of aromatic nitrogens is 2. The zero-order valence-electron chi connectivity index (χ0n) is 10.7. The Kier molecular flexibility index (Phi) is 4.78. The van der Waals surface area contributed by atoms with Crippen LogP contribution in [0.4, 0.5) is 5.69 Å². The molecule has 0 radical (unpaired) electrons. The standard InChI is InChI=1S/C13H18ClN3S/c1-3-5-6-9(4-2)15-12-10(14)7-8-11-13(12)17-18-16-11/h7-9,15H,3-6H2,1-2H3. The van der Waals surface area contributed by atoms with E-state index in [2.05, 4.69) is 27.9 Å². The van der Waals surface area contributed by atoms with Crippen molar-refractivity contribution < 1.29 is 0 Å². The van der Waals surface area contributed by atoms with Gasteiger partial charge in [0.25, 0.3) is 0 Å². The Balaban J connectivity index is 2.23. The zero-order chi connectivity index (χ0) is 13.0. The van der Waals surface area contributed by atoms with Crippen LogP contribution in [0.3, 0.4) is 0 Å². The summed E-state index contributed by atoms with van der Waals surface area (Å²) < 4.78 is 8.58. The highest BCUT2D eigenvalue weighted by molar-refractivity contribution is 7.00. The molecule has 0 spiro atoms. The van der Waals surface area contributed by atoms with E-state index in [0.717, 1.165) is 34.6 Å². The van der Waals surface area contributed by atoms with Crippen molar-refractivity contribution in [2.45, 2.75) is 45.6 Å².